The van der Waals surface area contributed by atoms with Gasteiger partial charge < -0.3 is 10.6 Å². The van der Waals surface area contributed by atoms with E-state index in [2.05, 4.69) is 15.4 Å². The first kappa shape index (κ1) is 19.4. The third kappa shape index (κ3) is 4.87. The van der Waals surface area contributed by atoms with E-state index < -0.39 is 10.0 Å². The number of sulfonamides is 1. The molecule has 2 aromatic carbocycles. The third-order valence-corrected chi connectivity index (χ3v) is 6.08. The number of anilines is 1. The summed E-state index contributed by atoms with van der Waals surface area (Å²) in [6, 6.07) is 11.8. The van der Waals surface area contributed by atoms with Gasteiger partial charge in [0.05, 0.1) is 4.90 Å². The van der Waals surface area contributed by atoms with Crippen LogP contribution in [0.3, 0.4) is 0 Å². The van der Waals surface area contributed by atoms with Crippen molar-refractivity contribution in [3.05, 3.63) is 59.2 Å². The van der Waals surface area contributed by atoms with E-state index in [1.54, 1.807) is 25.1 Å². The van der Waals surface area contributed by atoms with Gasteiger partial charge in [-0.2, -0.15) is 0 Å². The molecule has 0 saturated carbocycles. The van der Waals surface area contributed by atoms with Crippen LogP contribution in [-0.2, 0) is 10.0 Å². The van der Waals surface area contributed by atoms with Crippen LogP contribution in [0.4, 0.5) is 5.69 Å². The first-order chi connectivity index (χ1) is 12.8. The maximum Gasteiger partial charge on any atom is 0.261 e. The molecule has 144 valence electrons. The highest BCUT2D eigenvalue weighted by atomic mass is 32.2. The lowest BCUT2D eigenvalue weighted by Crippen LogP contribution is -2.45. The van der Waals surface area contributed by atoms with Crippen LogP contribution < -0.4 is 15.4 Å². The second-order valence-corrected chi connectivity index (χ2v) is 8.65. The van der Waals surface area contributed by atoms with Gasteiger partial charge in [-0.25, -0.2) is 8.42 Å². The lowest BCUT2D eigenvalue weighted by molar-refractivity contribution is 0.0930. The smallest absolute Gasteiger partial charge is 0.261 e. The van der Waals surface area contributed by atoms with Gasteiger partial charge in [0.2, 0.25) is 0 Å². The van der Waals surface area contributed by atoms with Crippen molar-refractivity contribution < 1.29 is 13.2 Å². The fraction of sp³-hybridized carbons (Fsp3) is 0.350. The Balaban J connectivity index is 1.80. The largest absolute Gasteiger partial charge is 0.348 e. The van der Waals surface area contributed by atoms with E-state index in [0.29, 0.717) is 11.3 Å². The molecule has 1 aliphatic heterocycles. The molecule has 1 fully saturated rings. The summed E-state index contributed by atoms with van der Waals surface area (Å²) in [6.45, 7) is 5.43. The summed E-state index contributed by atoms with van der Waals surface area (Å²) in [4.78, 5) is 12.7. The van der Waals surface area contributed by atoms with Crippen LogP contribution in [0.1, 0.15) is 34.3 Å². The Morgan fingerprint density at radius 2 is 1.85 bits per heavy atom. The van der Waals surface area contributed by atoms with E-state index >= 15 is 0 Å². The molecule has 6 nitrogen and oxygen atoms in total. The van der Waals surface area contributed by atoms with Crippen LogP contribution in [0.5, 0.6) is 0 Å². The zero-order valence-corrected chi connectivity index (χ0v) is 16.4. The highest BCUT2D eigenvalue weighted by Crippen LogP contribution is 2.20. The summed E-state index contributed by atoms with van der Waals surface area (Å²) in [5.41, 5.74) is 2.66. The third-order valence-electron chi connectivity index (χ3n) is 4.70. The number of amides is 1. The summed E-state index contributed by atoms with van der Waals surface area (Å²) in [5, 5.41) is 6.25. The van der Waals surface area contributed by atoms with Gasteiger partial charge in [0.1, 0.15) is 0 Å². The zero-order valence-electron chi connectivity index (χ0n) is 15.6. The van der Waals surface area contributed by atoms with Gasteiger partial charge in [-0.3, -0.25) is 9.52 Å². The SMILES string of the molecule is Cc1ccc(NS(=O)(=O)c2ccc(C)c(C(=O)N[C@H]3CCCNC3)c2)cc1. The van der Waals surface area contributed by atoms with Crippen LogP contribution in [0.15, 0.2) is 47.4 Å². The van der Waals surface area contributed by atoms with Crippen LogP contribution in [0.25, 0.3) is 0 Å². The molecule has 27 heavy (non-hydrogen) atoms. The van der Waals surface area contributed by atoms with Crippen molar-refractivity contribution in [1.82, 2.24) is 10.6 Å². The summed E-state index contributed by atoms with van der Waals surface area (Å²) >= 11 is 0. The zero-order chi connectivity index (χ0) is 19.4. The van der Waals surface area contributed by atoms with Crippen molar-refractivity contribution in [2.24, 2.45) is 0 Å². The van der Waals surface area contributed by atoms with Crippen molar-refractivity contribution in [3.63, 3.8) is 0 Å². The monoisotopic (exact) mass is 387 g/mol. The molecule has 1 atom stereocenters. The number of hydrogen-bond acceptors (Lipinski definition) is 4. The van der Waals surface area contributed by atoms with Crippen molar-refractivity contribution in [3.8, 4) is 0 Å². The lowest BCUT2D eigenvalue weighted by Gasteiger charge is -2.24. The predicted octanol–water partition coefficient (Wildman–Crippen LogP) is 2.59. The second-order valence-electron chi connectivity index (χ2n) is 6.96. The van der Waals surface area contributed by atoms with Crippen LogP contribution in [0, 0.1) is 13.8 Å². The Kier molecular flexibility index (Phi) is 5.82. The Morgan fingerprint density at radius 3 is 2.52 bits per heavy atom. The molecule has 0 bridgehead atoms. The molecule has 1 heterocycles. The van der Waals surface area contributed by atoms with Gasteiger partial charge in [0, 0.05) is 23.8 Å². The number of piperidine rings is 1. The van der Waals surface area contributed by atoms with E-state index in [1.807, 2.05) is 19.1 Å². The molecular formula is C20H25N3O3S. The van der Waals surface area contributed by atoms with Crippen LogP contribution >= 0.6 is 0 Å². The van der Waals surface area contributed by atoms with E-state index in [-0.39, 0.29) is 16.8 Å². The average Bonchev–Trinajstić information content (AvgIpc) is 2.64. The minimum atomic E-state index is -3.77. The van der Waals surface area contributed by atoms with Crippen molar-refractivity contribution in [1.29, 1.82) is 0 Å². The standard InChI is InChI=1S/C20H25N3O3S/c1-14-5-8-16(9-6-14)23-27(25,26)18-10-7-15(2)19(12-18)20(24)22-17-4-3-11-21-13-17/h5-10,12,17,21,23H,3-4,11,13H2,1-2H3,(H,22,24)/t17-/m0/s1. The van der Waals surface area contributed by atoms with Crippen LogP contribution in [0.2, 0.25) is 0 Å². The second kappa shape index (κ2) is 8.10. The molecule has 0 unspecified atom stereocenters. The number of benzene rings is 2. The van der Waals surface area contributed by atoms with Crippen molar-refractivity contribution in [2.45, 2.75) is 37.6 Å². The Hall–Kier alpha value is -2.38. The number of rotatable bonds is 5. The molecule has 1 saturated heterocycles. The minimum Gasteiger partial charge on any atom is -0.348 e. The van der Waals surface area contributed by atoms with E-state index in [0.717, 1.165) is 37.1 Å². The fourth-order valence-corrected chi connectivity index (χ4v) is 4.17. The van der Waals surface area contributed by atoms with Gasteiger partial charge in [0.25, 0.3) is 15.9 Å². The van der Waals surface area contributed by atoms with Gasteiger partial charge in [-0.1, -0.05) is 23.8 Å². The molecule has 1 amide bonds. The number of hydrogen-bond donors (Lipinski definition) is 3. The molecule has 0 spiro atoms. The number of nitrogens with one attached hydrogen (secondary N) is 3. The van der Waals surface area contributed by atoms with Gasteiger partial charge in [-0.15, -0.1) is 0 Å². The fourth-order valence-electron chi connectivity index (χ4n) is 3.09. The molecule has 0 aromatic heterocycles. The molecule has 3 rings (SSSR count). The van der Waals surface area contributed by atoms with Gasteiger partial charge >= 0.3 is 0 Å². The highest BCUT2D eigenvalue weighted by Gasteiger charge is 2.21. The summed E-state index contributed by atoms with van der Waals surface area (Å²) in [5.74, 6) is -0.242. The Bertz CT molecular complexity index is 918. The first-order valence-corrected chi connectivity index (χ1v) is 10.6. The molecule has 2 aromatic rings. The summed E-state index contributed by atoms with van der Waals surface area (Å²) in [6.07, 6.45) is 1.93. The van der Waals surface area contributed by atoms with E-state index in [9.17, 15) is 13.2 Å². The number of carbonyl (C=O) groups is 1. The van der Waals surface area contributed by atoms with Gasteiger partial charge in [0.15, 0.2) is 0 Å². The van der Waals surface area contributed by atoms with Crippen molar-refractivity contribution in [2.75, 3.05) is 17.8 Å². The summed E-state index contributed by atoms with van der Waals surface area (Å²) in [7, 11) is -3.77. The average molecular weight is 388 g/mol. The summed E-state index contributed by atoms with van der Waals surface area (Å²) < 4.78 is 28.0. The normalized spacial score (nSPS) is 17.3. The van der Waals surface area contributed by atoms with E-state index in [1.165, 1.54) is 12.1 Å². The number of carbonyl (C=O) groups excluding carboxylic acids is 1. The molecule has 3 N–H and O–H groups in total. The van der Waals surface area contributed by atoms with Crippen molar-refractivity contribution >= 4 is 21.6 Å². The molecule has 1 aliphatic rings. The predicted molar refractivity (Wildman–Crippen MR) is 107 cm³/mol. The topological polar surface area (TPSA) is 87.3 Å². The highest BCUT2D eigenvalue weighted by molar-refractivity contribution is 7.92. The molecule has 7 heteroatoms. The van der Waals surface area contributed by atoms with Gasteiger partial charge in [-0.05, 0) is 63.1 Å². The lowest BCUT2D eigenvalue weighted by atomic mass is 10.1. The van der Waals surface area contributed by atoms with Crippen LogP contribution in [-0.4, -0.2) is 33.5 Å². The molecule has 0 radical (unpaired) electrons. The first-order valence-electron chi connectivity index (χ1n) is 9.07. The minimum absolute atomic E-state index is 0.0663. The number of aryl methyl sites for hydroxylation is 2. The Morgan fingerprint density at radius 1 is 1.11 bits per heavy atom. The maximum atomic E-state index is 12.7. The Labute approximate surface area is 160 Å². The quantitative estimate of drug-likeness (QED) is 0.736. The molecular weight excluding hydrogens is 362 g/mol. The van der Waals surface area contributed by atoms with E-state index in [4.69, 9.17) is 0 Å². The maximum absolute atomic E-state index is 12.7. The molecule has 0 aliphatic carbocycles.